The SMILES string of the molecule is COCCOC(=O)C1=C(C)NC(=O)NC1c1ccc(OC(F)F)cc1. The molecule has 1 aliphatic rings. The van der Waals surface area contributed by atoms with Crippen molar-refractivity contribution in [1.82, 2.24) is 10.6 Å². The van der Waals surface area contributed by atoms with E-state index in [0.29, 0.717) is 11.3 Å². The molecule has 9 heteroatoms. The second kappa shape index (κ2) is 8.43. The summed E-state index contributed by atoms with van der Waals surface area (Å²) in [6.07, 6.45) is 0. The summed E-state index contributed by atoms with van der Waals surface area (Å²) in [5.74, 6) is -0.635. The standard InChI is InChI=1S/C16H18F2N2O5/c1-9-12(14(21)24-8-7-23-2)13(20-16(22)19-9)10-3-5-11(6-4-10)25-15(17)18/h3-6,13,15H,7-8H2,1-2H3,(H2,19,20,22). The van der Waals surface area contributed by atoms with Crippen LogP contribution in [0.3, 0.4) is 0 Å². The number of urea groups is 1. The number of carbonyl (C=O) groups excluding carboxylic acids is 2. The first-order valence-corrected chi connectivity index (χ1v) is 7.41. The molecule has 0 radical (unpaired) electrons. The maximum absolute atomic E-state index is 12.3. The van der Waals surface area contributed by atoms with Gasteiger partial charge in [-0.15, -0.1) is 0 Å². The number of nitrogens with one attached hydrogen (secondary N) is 2. The van der Waals surface area contributed by atoms with E-state index in [0.717, 1.165) is 0 Å². The van der Waals surface area contributed by atoms with Gasteiger partial charge in [-0.2, -0.15) is 8.78 Å². The van der Waals surface area contributed by atoms with Gasteiger partial charge < -0.3 is 24.8 Å². The van der Waals surface area contributed by atoms with Crippen molar-refractivity contribution in [2.75, 3.05) is 20.3 Å². The Bertz CT molecular complexity index is 661. The number of esters is 1. The predicted octanol–water partition coefficient (Wildman–Crippen LogP) is 2.11. The van der Waals surface area contributed by atoms with Gasteiger partial charge in [-0.3, -0.25) is 0 Å². The predicted molar refractivity (Wildman–Crippen MR) is 83.0 cm³/mol. The Morgan fingerprint density at radius 1 is 1.24 bits per heavy atom. The lowest BCUT2D eigenvalue weighted by Gasteiger charge is -2.28. The molecule has 1 aromatic carbocycles. The number of allylic oxidation sites excluding steroid dienone is 1. The number of ether oxygens (including phenoxy) is 3. The molecule has 0 aromatic heterocycles. The third kappa shape index (κ3) is 4.90. The highest BCUT2D eigenvalue weighted by Gasteiger charge is 2.32. The second-order valence-corrected chi connectivity index (χ2v) is 5.15. The molecule has 1 atom stereocenters. The molecule has 2 amide bonds. The number of halogens is 2. The minimum Gasteiger partial charge on any atom is -0.460 e. The smallest absolute Gasteiger partial charge is 0.387 e. The molecule has 0 saturated carbocycles. The maximum Gasteiger partial charge on any atom is 0.387 e. The fourth-order valence-electron chi connectivity index (χ4n) is 2.35. The first-order chi connectivity index (χ1) is 11.9. The molecular formula is C16H18F2N2O5. The molecule has 0 bridgehead atoms. The van der Waals surface area contributed by atoms with Gasteiger partial charge in [-0.1, -0.05) is 12.1 Å². The third-order valence-corrected chi connectivity index (χ3v) is 3.45. The Hall–Kier alpha value is -2.68. The van der Waals surface area contributed by atoms with Crippen molar-refractivity contribution in [3.05, 3.63) is 41.1 Å². The zero-order valence-electron chi connectivity index (χ0n) is 13.7. The lowest BCUT2D eigenvalue weighted by molar-refractivity contribution is -0.140. The number of rotatable bonds is 7. The van der Waals surface area contributed by atoms with Crippen LogP contribution in [0.5, 0.6) is 5.75 Å². The van der Waals surface area contributed by atoms with Crippen LogP contribution in [-0.2, 0) is 14.3 Å². The molecule has 1 aliphatic heterocycles. The highest BCUT2D eigenvalue weighted by atomic mass is 19.3. The Balaban J connectivity index is 2.24. The van der Waals surface area contributed by atoms with E-state index < -0.39 is 24.7 Å². The Morgan fingerprint density at radius 2 is 1.92 bits per heavy atom. The number of alkyl halides is 2. The topological polar surface area (TPSA) is 85.9 Å². The van der Waals surface area contributed by atoms with Crippen LogP contribution in [0.15, 0.2) is 35.5 Å². The highest BCUT2D eigenvalue weighted by Crippen LogP contribution is 2.29. The summed E-state index contributed by atoms with van der Waals surface area (Å²) < 4.78 is 38.7. The monoisotopic (exact) mass is 356 g/mol. The molecule has 0 spiro atoms. The number of benzene rings is 1. The van der Waals surface area contributed by atoms with Crippen molar-refractivity contribution >= 4 is 12.0 Å². The zero-order chi connectivity index (χ0) is 18.4. The third-order valence-electron chi connectivity index (χ3n) is 3.45. The first-order valence-electron chi connectivity index (χ1n) is 7.41. The maximum atomic E-state index is 12.3. The normalized spacial score (nSPS) is 17.2. The van der Waals surface area contributed by atoms with Crippen LogP contribution in [0.2, 0.25) is 0 Å². The summed E-state index contributed by atoms with van der Waals surface area (Å²) in [6.45, 7) is -1.05. The summed E-state index contributed by atoms with van der Waals surface area (Å²) in [4.78, 5) is 24.1. The van der Waals surface area contributed by atoms with Gasteiger partial charge >= 0.3 is 18.6 Å². The van der Waals surface area contributed by atoms with Gasteiger partial charge in [-0.25, -0.2) is 9.59 Å². The van der Waals surface area contributed by atoms with Crippen molar-refractivity contribution in [2.24, 2.45) is 0 Å². The van der Waals surface area contributed by atoms with Crippen molar-refractivity contribution in [1.29, 1.82) is 0 Å². The number of amides is 2. The Morgan fingerprint density at radius 3 is 2.52 bits per heavy atom. The van der Waals surface area contributed by atoms with Crippen LogP contribution in [0, 0.1) is 0 Å². The van der Waals surface area contributed by atoms with E-state index in [1.165, 1.54) is 31.4 Å². The van der Waals surface area contributed by atoms with E-state index in [2.05, 4.69) is 15.4 Å². The molecule has 1 unspecified atom stereocenters. The molecule has 1 heterocycles. The van der Waals surface area contributed by atoms with E-state index in [-0.39, 0.29) is 24.5 Å². The molecule has 2 N–H and O–H groups in total. The van der Waals surface area contributed by atoms with Crippen LogP contribution in [0.1, 0.15) is 18.5 Å². The molecule has 25 heavy (non-hydrogen) atoms. The molecule has 0 saturated heterocycles. The number of hydrogen-bond acceptors (Lipinski definition) is 5. The number of carbonyl (C=O) groups is 2. The second-order valence-electron chi connectivity index (χ2n) is 5.15. The average molecular weight is 356 g/mol. The number of hydrogen-bond donors (Lipinski definition) is 2. The quantitative estimate of drug-likeness (QED) is 0.577. The summed E-state index contributed by atoms with van der Waals surface area (Å²) in [5, 5.41) is 5.13. The summed E-state index contributed by atoms with van der Waals surface area (Å²) >= 11 is 0. The van der Waals surface area contributed by atoms with E-state index in [9.17, 15) is 18.4 Å². The van der Waals surface area contributed by atoms with Crippen molar-refractivity contribution in [2.45, 2.75) is 19.6 Å². The van der Waals surface area contributed by atoms with E-state index in [4.69, 9.17) is 9.47 Å². The van der Waals surface area contributed by atoms with Crippen LogP contribution < -0.4 is 15.4 Å². The largest absolute Gasteiger partial charge is 0.460 e. The molecule has 136 valence electrons. The molecule has 2 rings (SSSR count). The van der Waals surface area contributed by atoms with Gasteiger partial charge in [0.1, 0.15) is 12.4 Å². The minimum absolute atomic E-state index is 0.0241. The van der Waals surface area contributed by atoms with Crippen LogP contribution in [0.4, 0.5) is 13.6 Å². The first kappa shape index (κ1) is 18.7. The van der Waals surface area contributed by atoms with Crippen LogP contribution >= 0.6 is 0 Å². The Labute approximate surface area is 142 Å². The Kier molecular flexibility index (Phi) is 6.29. The van der Waals surface area contributed by atoms with E-state index in [1.807, 2.05) is 0 Å². The molecule has 0 aliphatic carbocycles. The molecular weight excluding hydrogens is 338 g/mol. The summed E-state index contributed by atoms with van der Waals surface area (Å²) in [6, 6.07) is 4.39. The molecule has 0 fully saturated rings. The summed E-state index contributed by atoms with van der Waals surface area (Å²) in [7, 11) is 1.48. The van der Waals surface area contributed by atoms with Crippen LogP contribution in [-0.4, -0.2) is 38.9 Å². The van der Waals surface area contributed by atoms with E-state index >= 15 is 0 Å². The average Bonchev–Trinajstić information content (AvgIpc) is 2.54. The van der Waals surface area contributed by atoms with Gasteiger partial charge in [0.2, 0.25) is 0 Å². The van der Waals surface area contributed by atoms with Crippen molar-refractivity contribution in [3.63, 3.8) is 0 Å². The van der Waals surface area contributed by atoms with Crippen molar-refractivity contribution in [3.8, 4) is 5.75 Å². The van der Waals surface area contributed by atoms with Gasteiger partial charge in [0.15, 0.2) is 0 Å². The zero-order valence-corrected chi connectivity index (χ0v) is 13.7. The molecule has 7 nitrogen and oxygen atoms in total. The van der Waals surface area contributed by atoms with Gasteiger partial charge in [0, 0.05) is 12.8 Å². The lowest BCUT2D eigenvalue weighted by atomic mass is 9.95. The fraction of sp³-hybridized carbons (Fsp3) is 0.375. The van der Waals surface area contributed by atoms with Gasteiger partial charge in [0.25, 0.3) is 0 Å². The van der Waals surface area contributed by atoms with Crippen molar-refractivity contribution < 1.29 is 32.6 Å². The number of methoxy groups -OCH3 is 1. The summed E-state index contributed by atoms with van der Waals surface area (Å²) in [5.41, 5.74) is 1.09. The van der Waals surface area contributed by atoms with E-state index in [1.54, 1.807) is 6.92 Å². The lowest BCUT2D eigenvalue weighted by Crippen LogP contribution is -2.45. The highest BCUT2D eigenvalue weighted by molar-refractivity contribution is 5.95. The fourth-order valence-corrected chi connectivity index (χ4v) is 2.35. The minimum atomic E-state index is -2.93. The van der Waals surface area contributed by atoms with Gasteiger partial charge in [0.05, 0.1) is 18.2 Å². The molecule has 1 aromatic rings. The van der Waals surface area contributed by atoms with Crippen LogP contribution in [0.25, 0.3) is 0 Å². The van der Waals surface area contributed by atoms with Gasteiger partial charge in [-0.05, 0) is 24.6 Å².